The lowest BCUT2D eigenvalue weighted by molar-refractivity contribution is 0.0204. The molecule has 8 heteroatoms. The summed E-state index contributed by atoms with van der Waals surface area (Å²) in [6.45, 7) is 6.87. The zero-order chi connectivity index (χ0) is 22.2. The molecule has 1 N–H and O–H groups in total. The van der Waals surface area contributed by atoms with Crippen molar-refractivity contribution in [1.82, 2.24) is 19.9 Å². The molecule has 0 radical (unpaired) electrons. The van der Waals surface area contributed by atoms with Crippen LogP contribution in [0.2, 0.25) is 0 Å². The fourth-order valence-corrected chi connectivity index (χ4v) is 3.96. The molecule has 1 fully saturated rings. The highest BCUT2D eigenvalue weighted by molar-refractivity contribution is 5.92. The standard InChI is InChI=1S/C23H27FN4O3/c1-23(2,3)31-22(29)28-9-7-14(8-10-28)18-12-17-20(25-13-26-21(17)27-18)16-11-15(24)5-6-19(16)30-4/h5-6,11-14H,7-10H2,1-4H3,(H,25,26,27). The summed E-state index contributed by atoms with van der Waals surface area (Å²) in [6, 6.07) is 6.41. The lowest BCUT2D eigenvalue weighted by atomic mass is 9.93. The maximum atomic E-state index is 13.9. The van der Waals surface area contributed by atoms with E-state index in [1.54, 1.807) is 18.1 Å². The number of H-pyrrole nitrogens is 1. The number of halogens is 1. The van der Waals surface area contributed by atoms with Crippen LogP contribution in [-0.4, -0.2) is 51.7 Å². The monoisotopic (exact) mass is 426 g/mol. The summed E-state index contributed by atoms with van der Waals surface area (Å²) >= 11 is 0. The zero-order valence-corrected chi connectivity index (χ0v) is 18.2. The van der Waals surface area contributed by atoms with E-state index < -0.39 is 5.60 Å². The van der Waals surface area contributed by atoms with Gasteiger partial charge in [-0.25, -0.2) is 19.2 Å². The Morgan fingerprint density at radius 2 is 1.94 bits per heavy atom. The largest absolute Gasteiger partial charge is 0.496 e. The molecule has 0 aliphatic carbocycles. The molecule has 1 aliphatic rings. The van der Waals surface area contributed by atoms with Crippen LogP contribution in [0.25, 0.3) is 22.3 Å². The summed E-state index contributed by atoms with van der Waals surface area (Å²) < 4.78 is 24.8. The second kappa shape index (κ2) is 8.17. The third kappa shape index (κ3) is 4.47. The number of carbonyl (C=O) groups excluding carboxylic acids is 1. The summed E-state index contributed by atoms with van der Waals surface area (Å²) in [5, 5.41) is 0.816. The SMILES string of the molecule is COc1ccc(F)cc1-c1ncnc2[nH]c(C3CCN(C(=O)OC(C)(C)C)CC3)cc12. The van der Waals surface area contributed by atoms with Crippen LogP contribution in [0.5, 0.6) is 5.75 Å². The zero-order valence-electron chi connectivity index (χ0n) is 18.2. The molecule has 3 aromatic rings. The first kappa shape index (κ1) is 21.1. The van der Waals surface area contributed by atoms with Crippen molar-refractivity contribution < 1.29 is 18.7 Å². The number of ether oxygens (including phenoxy) is 2. The van der Waals surface area contributed by atoms with Crippen molar-refractivity contribution >= 4 is 17.1 Å². The van der Waals surface area contributed by atoms with Gasteiger partial charge in [0.25, 0.3) is 0 Å². The Morgan fingerprint density at radius 3 is 2.61 bits per heavy atom. The molecule has 31 heavy (non-hydrogen) atoms. The van der Waals surface area contributed by atoms with Gasteiger partial charge < -0.3 is 19.4 Å². The highest BCUT2D eigenvalue weighted by Gasteiger charge is 2.28. The number of rotatable bonds is 3. The molecule has 7 nitrogen and oxygen atoms in total. The van der Waals surface area contributed by atoms with E-state index in [0.29, 0.717) is 35.7 Å². The Hall–Kier alpha value is -3.16. The van der Waals surface area contributed by atoms with Crippen molar-refractivity contribution in [1.29, 1.82) is 0 Å². The van der Waals surface area contributed by atoms with Gasteiger partial charge in [0.15, 0.2) is 0 Å². The van der Waals surface area contributed by atoms with E-state index in [4.69, 9.17) is 9.47 Å². The molecule has 164 valence electrons. The molecule has 0 spiro atoms. The Labute approximate surface area is 180 Å². The van der Waals surface area contributed by atoms with Crippen molar-refractivity contribution in [2.75, 3.05) is 20.2 Å². The van der Waals surface area contributed by atoms with Gasteiger partial charge in [-0.3, -0.25) is 0 Å². The Bertz CT molecular complexity index is 1100. The highest BCUT2D eigenvalue weighted by Crippen LogP contribution is 2.36. The van der Waals surface area contributed by atoms with Gasteiger partial charge in [-0.15, -0.1) is 0 Å². The second-order valence-corrected chi connectivity index (χ2v) is 8.80. The van der Waals surface area contributed by atoms with Crippen LogP contribution < -0.4 is 4.74 Å². The summed E-state index contributed by atoms with van der Waals surface area (Å²) in [5.74, 6) is 0.456. The third-order valence-electron chi connectivity index (χ3n) is 5.45. The molecule has 0 atom stereocenters. The number of nitrogens with zero attached hydrogens (tertiary/aromatic N) is 3. The van der Waals surface area contributed by atoms with E-state index in [9.17, 15) is 9.18 Å². The smallest absolute Gasteiger partial charge is 0.410 e. The first-order valence-electron chi connectivity index (χ1n) is 10.4. The fraction of sp³-hybridized carbons (Fsp3) is 0.435. The van der Waals surface area contributed by atoms with E-state index in [0.717, 1.165) is 23.9 Å². The van der Waals surface area contributed by atoms with Gasteiger partial charge in [0.2, 0.25) is 0 Å². The van der Waals surface area contributed by atoms with Crippen LogP contribution in [0, 0.1) is 5.82 Å². The van der Waals surface area contributed by atoms with Crippen molar-refractivity contribution in [2.24, 2.45) is 0 Å². The molecule has 0 bridgehead atoms. The number of hydrogen-bond acceptors (Lipinski definition) is 5. The first-order valence-corrected chi connectivity index (χ1v) is 10.4. The van der Waals surface area contributed by atoms with Crippen LogP contribution in [-0.2, 0) is 4.74 Å². The number of amides is 1. The molecule has 0 saturated carbocycles. The van der Waals surface area contributed by atoms with Crippen LogP contribution in [0.15, 0.2) is 30.6 Å². The number of fused-ring (bicyclic) bond motifs is 1. The van der Waals surface area contributed by atoms with Crippen LogP contribution in [0.1, 0.15) is 45.2 Å². The van der Waals surface area contributed by atoms with Gasteiger partial charge in [-0.2, -0.15) is 0 Å². The summed E-state index contributed by atoms with van der Waals surface area (Å²) in [7, 11) is 1.55. The molecule has 4 rings (SSSR count). The predicted molar refractivity (Wildman–Crippen MR) is 116 cm³/mol. The number of nitrogens with one attached hydrogen (secondary N) is 1. The molecule has 1 aromatic carbocycles. The van der Waals surface area contributed by atoms with E-state index in [1.807, 2.05) is 26.8 Å². The van der Waals surface area contributed by atoms with Crippen LogP contribution >= 0.6 is 0 Å². The third-order valence-corrected chi connectivity index (χ3v) is 5.45. The van der Waals surface area contributed by atoms with E-state index in [-0.39, 0.29) is 17.8 Å². The average Bonchev–Trinajstić information content (AvgIpc) is 3.17. The number of carbonyl (C=O) groups is 1. The summed E-state index contributed by atoms with van der Waals surface area (Å²) in [5.41, 5.74) is 2.44. The van der Waals surface area contributed by atoms with Crippen LogP contribution in [0.4, 0.5) is 9.18 Å². The van der Waals surface area contributed by atoms with Crippen molar-refractivity contribution in [3.63, 3.8) is 0 Å². The van der Waals surface area contributed by atoms with Gasteiger partial charge in [-0.1, -0.05) is 0 Å². The number of benzene rings is 1. The molecule has 1 saturated heterocycles. The molecule has 0 unspecified atom stereocenters. The normalized spacial score (nSPS) is 15.3. The van der Waals surface area contributed by atoms with Gasteiger partial charge in [0.05, 0.1) is 12.8 Å². The molecular formula is C23H27FN4O3. The summed E-state index contributed by atoms with van der Waals surface area (Å²) in [4.78, 5) is 26.2. The van der Waals surface area contributed by atoms with Crippen molar-refractivity contribution in [3.8, 4) is 17.0 Å². The molecular weight excluding hydrogens is 399 g/mol. The Kier molecular flexibility index (Phi) is 5.56. The summed E-state index contributed by atoms with van der Waals surface area (Å²) in [6.07, 6.45) is 2.83. The highest BCUT2D eigenvalue weighted by atomic mass is 19.1. The van der Waals surface area contributed by atoms with Crippen LogP contribution in [0.3, 0.4) is 0 Å². The van der Waals surface area contributed by atoms with Gasteiger partial charge in [0, 0.05) is 35.7 Å². The number of hydrogen-bond donors (Lipinski definition) is 1. The van der Waals surface area contributed by atoms with Crippen molar-refractivity contribution in [2.45, 2.75) is 45.1 Å². The van der Waals surface area contributed by atoms with E-state index in [1.165, 1.54) is 18.5 Å². The van der Waals surface area contributed by atoms with Gasteiger partial charge >= 0.3 is 6.09 Å². The number of aromatic nitrogens is 3. The predicted octanol–water partition coefficient (Wildman–Crippen LogP) is 4.89. The molecule has 2 aromatic heterocycles. The first-order chi connectivity index (χ1) is 14.7. The fourth-order valence-electron chi connectivity index (χ4n) is 3.96. The minimum atomic E-state index is -0.502. The molecule has 1 amide bonds. The Balaban J connectivity index is 1.57. The lowest BCUT2D eigenvalue weighted by Crippen LogP contribution is -2.41. The quantitative estimate of drug-likeness (QED) is 0.645. The minimum Gasteiger partial charge on any atom is -0.496 e. The second-order valence-electron chi connectivity index (χ2n) is 8.80. The van der Waals surface area contributed by atoms with Gasteiger partial charge in [-0.05, 0) is 57.9 Å². The maximum absolute atomic E-state index is 13.9. The van der Waals surface area contributed by atoms with E-state index in [2.05, 4.69) is 15.0 Å². The average molecular weight is 426 g/mol. The molecule has 1 aliphatic heterocycles. The Morgan fingerprint density at radius 1 is 1.19 bits per heavy atom. The minimum absolute atomic E-state index is 0.259. The lowest BCUT2D eigenvalue weighted by Gasteiger charge is -2.33. The van der Waals surface area contributed by atoms with Gasteiger partial charge in [0.1, 0.15) is 29.1 Å². The number of aromatic amines is 1. The van der Waals surface area contributed by atoms with E-state index >= 15 is 0 Å². The number of methoxy groups -OCH3 is 1. The number of piperidine rings is 1. The topological polar surface area (TPSA) is 80.3 Å². The van der Waals surface area contributed by atoms with Crippen molar-refractivity contribution in [3.05, 3.63) is 42.1 Å². The molecule has 3 heterocycles. The maximum Gasteiger partial charge on any atom is 0.410 e. The number of likely N-dealkylation sites (tertiary alicyclic amines) is 1.